The molecule has 18 heavy (non-hydrogen) atoms. The maximum Gasteiger partial charge on any atom is 0.219 e. The van der Waals surface area contributed by atoms with Crippen LogP contribution in [0.15, 0.2) is 36.5 Å². The highest BCUT2D eigenvalue weighted by Gasteiger charge is 2.06. The molecule has 1 aromatic heterocycles. The van der Waals surface area contributed by atoms with Crippen LogP contribution in [0, 0.1) is 12.7 Å². The van der Waals surface area contributed by atoms with E-state index in [1.807, 2.05) is 12.1 Å². The topological polar surface area (TPSA) is 31.4 Å². The van der Waals surface area contributed by atoms with Gasteiger partial charge in [0.2, 0.25) is 5.88 Å². The fourth-order valence-corrected chi connectivity index (χ4v) is 1.65. The van der Waals surface area contributed by atoms with Gasteiger partial charge < -0.3 is 9.47 Å². The Morgan fingerprint density at radius 3 is 2.83 bits per heavy atom. The summed E-state index contributed by atoms with van der Waals surface area (Å²) in [5, 5.41) is 0. The third kappa shape index (κ3) is 2.77. The van der Waals surface area contributed by atoms with Crippen LogP contribution in [-0.2, 0) is 6.61 Å². The summed E-state index contributed by atoms with van der Waals surface area (Å²) in [7, 11) is 1.56. The third-order valence-electron chi connectivity index (χ3n) is 2.56. The lowest BCUT2D eigenvalue weighted by Crippen LogP contribution is -2.01. The number of aryl methyl sites for hydroxylation is 1. The third-order valence-corrected chi connectivity index (χ3v) is 2.56. The van der Waals surface area contributed by atoms with Crippen LogP contribution in [0.1, 0.15) is 11.1 Å². The van der Waals surface area contributed by atoms with Crippen molar-refractivity contribution in [3.05, 3.63) is 53.5 Å². The van der Waals surface area contributed by atoms with Crippen LogP contribution in [0.3, 0.4) is 0 Å². The standard InChI is InChI=1S/C14H14FNO2/c1-10-8-12(15)5-6-13(10)18-9-11-4-3-7-16-14(11)17-2/h3-8H,9H2,1-2H3. The first-order valence-electron chi connectivity index (χ1n) is 5.57. The largest absolute Gasteiger partial charge is 0.488 e. The molecule has 94 valence electrons. The summed E-state index contributed by atoms with van der Waals surface area (Å²) in [6.45, 7) is 2.14. The predicted molar refractivity (Wildman–Crippen MR) is 66.3 cm³/mol. The van der Waals surface area contributed by atoms with Crippen molar-refractivity contribution in [2.75, 3.05) is 7.11 Å². The molecule has 0 radical (unpaired) electrons. The smallest absolute Gasteiger partial charge is 0.219 e. The lowest BCUT2D eigenvalue weighted by molar-refractivity contribution is 0.291. The number of halogens is 1. The monoisotopic (exact) mass is 247 g/mol. The zero-order valence-electron chi connectivity index (χ0n) is 10.3. The number of methoxy groups -OCH3 is 1. The van der Waals surface area contributed by atoms with Crippen molar-refractivity contribution < 1.29 is 13.9 Å². The van der Waals surface area contributed by atoms with Crippen molar-refractivity contribution in [2.24, 2.45) is 0 Å². The summed E-state index contributed by atoms with van der Waals surface area (Å²) < 4.78 is 23.7. The Morgan fingerprint density at radius 2 is 2.11 bits per heavy atom. The van der Waals surface area contributed by atoms with Crippen molar-refractivity contribution in [1.82, 2.24) is 4.98 Å². The normalized spacial score (nSPS) is 10.2. The molecule has 0 aliphatic rings. The van der Waals surface area contributed by atoms with Crippen LogP contribution < -0.4 is 9.47 Å². The fraction of sp³-hybridized carbons (Fsp3) is 0.214. The molecule has 3 nitrogen and oxygen atoms in total. The maximum atomic E-state index is 12.9. The van der Waals surface area contributed by atoms with Crippen LogP contribution >= 0.6 is 0 Å². The number of hydrogen-bond acceptors (Lipinski definition) is 3. The molecule has 2 rings (SSSR count). The fourth-order valence-electron chi connectivity index (χ4n) is 1.65. The number of pyridine rings is 1. The summed E-state index contributed by atoms with van der Waals surface area (Å²) in [5.41, 5.74) is 1.61. The van der Waals surface area contributed by atoms with E-state index in [4.69, 9.17) is 9.47 Å². The first-order chi connectivity index (χ1) is 8.70. The SMILES string of the molecule is COc1ncccc1COc1ccc(F)cc1C. The highest BCUT2D eigenvalue weighted by Crippen LogP contribution is 2.21. The van der Waals surface area contributed by atoms with E-state index in [-0.39, 0.29) is 5.82 Å². The van der Waals surface area contributed by atoms with E-state index in [9.17, 15) is 4.39 Å². The summed E-state index contributed by atoms with van der Waals surface area (Å²) in [5.74, 6) is 0.929. The Morgan fingerprint density at radius 1 is 1.28 bits per heavy atom. The molecule has 0 fully saturated rings. The molecule has 0 amide bonds. The van der Waals surface area contributed by atoms with Gasteiger partial charge in [-0.1, -0.05) is 0 Å². The van der Waals surface area contributed by atoms with Crippen molar-refractivity contribution >= 4 is 0 Å². The molecule has 0 saturated carbocycles. The van der Waals surface area contributed by atoms with Gasteiger partial charge in [0.15, 0.2) is 0 Å². The Bertz CT molecular complexity index is 543. The first-order valence-corrected chi connectivity index (χ1v) is 5.57. The van der Waals surface area contributed by atoms with Gasteiger partial charge in [-0.25, -0.2) is 9.37 Å². The van der Waals surface area contributed by atoms with Crippen molar-refractivity contribution in [2.45, 2.75) is 13.5 Å². The highest BCUT2D eigenvalue weighted by atomic mass is 19.1. The average molecular weight is 247 g/mol. The molecule has 0 aliphatic heterocycles. The van der Waals surface area contributed by atoms with Crippen molar-refractivity contribution in [3.63, 3.8) is 0 Å². The lowest BCUT2D eigenvalue weighted by atomic mass is 10.2. The zero-order valence-corrected chi connectivity index (χ0v) is 10.3. The average Bonchev–Trinajstić information content (AvgIpc) is 2.38. The van der Waals surface area contributed by atoms with Crippen LogP contribution in [0.25, 0.3) is 0 Å². The van der Waals surface area contributed by atoms with Gasteiger partial charge in [-0.15, -0.1) is 0 Å². The molecule has 0 atom stereocenters. The number of benzene rings is 1. The molecular formula is C14H14FNO2. The molecule has 0 aliphatic carbocycles. The van der Waals surface area contributed by atoms with Crippen molar-refractivity contribution in [1.29, 1.82) is 0 Å². The van der Waals surface area contributed by atoms with E-state index >= 15 is 0 Å². The van der Waals surface area contributed by atoms with E-state index in [0.29, 0.717) is 18.2 Å². The first kappa shape index (κ1) is 12.4. The van der Waals surface area contributed by atoms with Gasteiger partial charge in [-0.2, -0.15) is 0 Å². The Kier molecular flexibility index (Phi) is 3.77. The van der Waals surface area contributed by atoms with Crippen LogP contribution in [0.5, 0.6) is 11.6 Å². The van der Waals surface area contributed by atoms with Gasteiger partial charge in [0.25, 0.3) is 0 Å². The Hall–Kier alpha value is -2.10. The molecule has 2 aromatic rings. The summed E-state index contributed by atoms with van der Waals surface area (Å²) >= 11 is 0. The Labute approximate surface area is 105 Å². The van der Waals surface area contributed by atoms with Crippen LogP contribution in [0.2, 0.25) is 0 Å². The maximum absolute atomic E-state index is 12.9. The van der Waals surface area contributed by atoms with Gasteiger partial charge >= 0.3 is 0 Å². The van der Waals surface area contributed by atoms with Crippen LogP contribution in [-0.4, -0.2) is 12.1 Å². The Balaban J connectivity index is 2.11. The van der Waals surface area contributed by atoms with Gasteiger partial charge in [-0.05, 0) is 42.8 Å². The molecule has 1 heterocycles. The summed E-state index contributed by atoms with van der Waals surface area (Å²) in [6, 6.07) is 8.13. The molecule has 1 aromatic carbocycles. The quantitative estimate of drug-likeness (QED) is 0.831. The minimum atomic E-state index is -0.265. The van der Waals surface area contributed by atoms with Gasteiger partial charge in [-0.3, -0.25) is 0 Å². The predicted octanol–water partition coefficient (Wildman–Crippen LogP) is 3.12. The molecule has 0 bridgehead atoms. The number of aromatic nitrogens is 1. The molecule has 0 spiro atoms. The molecule has 0 saturated heterocycles. The number of hydrogen-bond donors (Lipinski definition) is 0. The second kappa shape index (κ2) is 5.49. The van der Waals surface area contributed by atoms with E-state index in [1.165, 1.54) is 12.1 Å². The van der Waals surface area contributed by atoms with Gasteiger partial charge in [0.1, 0.15) is 18.2 Å². The van der Waals surface area contributed by atoms with E-state index in [0.717, 1.165) is 11.1 Å². The number of nitrogens with zero attached hydrogens (tertiary/aromatic N) is 1. The molecule has 0 N–H and O–H groups in total. The zero-order chi connectivity index (χ0) is 13.0. The minimum absolute atomic E-state index is 0.265. The van der Waals surface area contributed by atoms with Gasteiger partial charge in [0, 0.05) is 6.20 Å². The molecular weight excluding hydrogens is 233 g/mol. The minimum Gasteiger partial charge on any atom is -0.488 e. The van der Waals surface area contributed by atoms with E-state index in [2.05, 4.69) is 4.98 Å². The van der Waals surface area contributed by atoms with E-state index < -0.39 is 0 Å². The number of rotatable bonds is 4. The van der Waals surface area contributed by atoms with E-state index in [1.54, 1.807) is 26.3 Å². The highest BCUT2D eigenvalue weighted by molar-refractivity contribution is 5.33. The van der Waals surface area contributed by atoms with Crippen LogP contribution in [0.4, 0.5) is 4.39 Å². The second-order valence-corrected chi connectivity index (χ2v) is 3.87. The molecule has 0 unspecified atom stereocenters. The molecule has 4 heteroatoms. The number of ether oxygens (including phenoxy) is 2. The second-order valence-electron chi connectivity index (χ2n) is 3.87. The van der Waals surface area contributed by atoms with Crippen molar-refractivity contribution in [3.8, 4) is 11.6 Å². The van der Waals surface area contributed by atoms with Gasteiger partial charge in [0.05, 0.1) is 12.7 Å². The lowest BCUT2D eigenvalue weighted by Gasteiger charge is -2.10. The summed E-state index contributed by atoms with van der Waals surface area (Å²) in [6.07, 6.45) is 1.66. The summed E-state index contributed by atoms with van der Waals surface area (Å²) in [4.78, 5) is 4.08.